The Kier molecular flexibility index (Phi) is 5.88. The van der Waals surface area contributed by atoms with Gasteiger partial charge in [-0.2, -0.15) is 0 Å². The zero-order chi connectivity index (χ0) is 19.3. The first-order valence-corrected chi connectivity index (χ1v) is 10.2. The number of imidazole rings is 1. The Morgan fingerprint density at radius 1 is 1.18 bits per heavy atom. The molecule has 0 amide bonds. The Morgan fingerprint density at radius 3 is 2.79 bits per heavy atom. The van der Waals surface area contributed by atoms with Gasteiger partial charge >= 0.3 is 0 Å². The van der Waals surface area contributed by atoms with E-state index in [0.29, 0.717) is 5.92 Å². The summed E-state index contributed by atoms with van der Waals surface area (Å²) < 4.78 is 7.82. The topological polar surface area (TPSA) is 59.0 Å². The number of rotatable bonds is 6. The van der Waals surface area contributed by atoms with Gasteiger partial charge in [-0.25, -0.2) is 4.98 Å². The summed E-state index contributed by atoms with van der Waals surface area (Å²) in [5, 5.41) is 0. The van der Waals surface area contributed by atoms with Crippen molar-refractivity contribution in [2.45, 2.75) is 31.7 Å². The lowest BCUT2D eigenvalue weighted by Gasteiger charge is -2.26. The van der Waals surface area contributed by atoms with E-state index in [4.69, 9.17) is 9.72 Å². The molecule has 0 spiro atoms. The average Bonchev–Trinajstić information content (AvgIpc) is 3.33. The van der Waals surface area contributed by atoms with E-state index in [1.54, 1.807) is 0 Å². The standard InChI is InChI=1S/C20H25N5O.C2H4/c1(6-24-8-10-26-11-9-24)7-25-14-19(23-20(25)15-2-3-15)16-12-18-17(22-13-16)4-5-21-18;1-2/h4-5,12-15,21H,1-3,6-11H2;1-2H2. The molecule has 0 atom stereocenters. The quantitative estimate of drug-likeness (QED) is 0.662. The molecule has 6 nitrogen and oxygen atoms in total. The van der Waals surface area contributed by atoms with Gasteiger partial charge in [-0.3, -0.25) is 9.88 Å². The average molecular weight is 380 g/mol. The summed E-state index contributed by atoms with van der Waals surface area (Å²) in [6, 6.07) is 4.15. The Hall–Kier alpha value is -2.44. The highest BCUT2D eigenvalue weighted by molar-refractivity contribution is 5.79. The number of aromatic nitrogens is 4. The molecule has 0 radical (unpaired) electrons. The summed E-state index contributed by atoms with van der Waals surface area (Å²) in [5.41, 5.74) is 4.20. The molecule has 3 aromatic rings. The second kappa shape index (κ2) is 8.71. The molecule has 2 aliphatic rings. The number of hydrogen-bond acceptors (Lipinski definition) is 4. The van der Waals surface area contributed by atoms with Crippen molar-refractivity contribution in [3.05, 3.63) is 49.7 Å². The molecule has 1 saturated heterocycles. The Bertz CT molecular complexity index is 905. The van der Waals surface area contributed by atoms with Crippen LogP contribution in [0.5, 0.6) is 0 Å². The third-order valence-corrected chi connectivity index (χ3v) is 5.42. The summed E-state index contributed by atoms with van der Waals surface area (Å²) >= 11 is 0. The van der Waals surface area contributed by atoms with Crippen molar-refractivity contribution < 1.29 is 4.74 Å². The number of H-pyrrole nitrogens is 1. The first-order chi connectivity index (χ1) is 13.9. The van der Waals surface area contributed by atoms with Gasteiger partial charge in [0.25, 0.3) is 0 Å². The van der Waals surface area contributed by atoms with E-state index in [1.165, 1.54) is 18.7 Å². The monoisotopic (exact) mass is 379 g/mol. The van der Waals surface area contributed by atoms with Crippen LogP contribution < -0.4 is 0 Å². The van der Waals surface area contributed by atoms with Gasteiger partial charge in [0.15, 0.2) is 0 Å². The highest BCUT2D eigenvalue weighted by Gasteiger charge is 2.29. The second-order valence-corrected chi connectivity index (χ2v) is 7.39. The molecule has 5 rings (SSSR count). The first kappa shape index (κ1) is 18.9. The van der Waals surface area contributed by atoms with Crippen molar-refractivity contribution in [2.75, 3.05) is 32.8 Å². The Balaban J connectivity index is 0.000000932. The second-order valence-electron chi connectivity index (χ2n) is 7.39. The predicted octanol–water partition coefficient (Wildman–Crippen LogP) is 3.83. The molecule has 4 heterocycles. The maximum absolute atomic E-state index is 5.43. The van der Waals surface area contributed by atoms with E-state index in [2.05, 4.69) is 44.9 Å². The number of morpholine rings is 1. The molecule has 6 heteroatoms. The van der Waals surface area contributed by atoms with Crippen molar-refractivity contribution in [2.24, 2.45) is 0 Å². The molecule has 1 N–H and O–H groups in total. The van der Waals surface area contributed by atoms with Crippen molar-refractivity contribution >= 4 is 11.0 Å². The summed E-state index contributed by atoms with van der Waals surface area (Å²) in [7, 11) is 0. The van der Waals surface area contributed by atoms with Crippen molar-refractivity contribution in [1.29, 1.82) is 0 Å². The van der Waals surface area contributed by atoms with Gasteiger partial charge in [-0.15, -0.1) is 13.2 Å². The van der Waals surface area contributed by atoms with E-state index in [1.807, 2.05) is 18.5 Å². The molecular weight excluding hydrogens is 350 g/mol. The SMILES string of the molecule is C=C.c1cc2ncc(-c3cn(CCCN4CCOCC4)c(C4CC4)n3)cc2[nH]1. The van der Waals surface area contributed by atoms with Crippen LogP contribution in [0.25, 0.3) is 22.3 Å². The molecule has 0 unspecified atom stereocenters. The number of nitrogens with zero attached hydrogens (tertiary/aromatic N) is 4. The van der Waals surface area contributed by atoms with Crippen LogP contribution in [-0.4, -0.2) is 57.3 Å². The first-order valence-electron chi connectivity index (χ1n) is 10.2. The van der Waals surface area contributed by atoms with Crippen LogP contribution in [0.15, 0.2) is 43.9 Å². The fourth-order valence-electron chi connectivity index (χ4n) is 3.78. The minimum atomic E-state index is 0.648. The van der Waals surface area contributed by atoms with Crippen molar-refractivity contribution in [1.82, 2.24) is 24.4 Å². The zero-order valence-electron chi connectivity index (χ0n) is 16.4. The van der Waals surface area contributed by atoms with Crippen LogP contribution in [0.1, 0.15) is 31.0 Å². The highest BCUT2D eigenvalue weighted by Crippen LogP contribution is 2.40. The summed E-state index contributed by atoms with van der Waals surface area (Å²) in [6.45, 7) is 12.0. The van der Waals surface area contributed by atoms with Gasteiger partial charge in [0.1, 0.15) is 5.82 Å². The van der Waals surface area contributed by atoms with Gasteiger partial charge in [-0.1, -0.05) is 0 Å². The lowest BCUT2D eigenvalue weighted by Crippen LogP contribution is -2.37. The highest BCUT2D eigenvalue weighted by atomic mass is 16.5. The minimum absolute atomic E-state index is 0.648. The van der Waals surface area contributed by atoms with E-state index < -0.39 is 0 Å². The third kappa shape index (κ3) is 4.18. The number of ether oxygens (including phenoxy) is 1. The Labute approximate surface area is 166 Å². The van der Waals surface area contributed by atoms with Crippen LogP contribution >= 0.6 is 0 Å². The van der Waals surface area contributed by atoms with Crippen LogP contribution in [0.3, 0.4) is 0 Å². The van der Waals surface area contributed by atoms with Crippen LogP contribution in [-0.2, 0) is 11.3 Å². The number of fused-ring (bicyclic) bond motifs is 1. The van der Waals surface area contributed by atoms with Gasteiger partial charge in [0.05, 0.1) is 29.9 Å². The molecule has 1 aliphatic heterocycles. The molecule has 1 aliphatic carbocycles. The van der Waals surface area contributed by atoms with E-state index in [9.17, 15) is 0 Å². The maximum Gasteiger partial charge on any atom is 0.112 e. The van der Waals surface area contributed by atoms with E-state index >= 15 is 0 Å². The van der Waals surface area contributed by atoms with Gasteiger partial charge < -0.3 is 14.3 Å². The molecule has 0 bridgehead atoms. The van der Waals surface area contributed by atoms with Crippen LogP contribution in [0.2, 0.25) is 0 Å². The number of pyridine rings is 1. The summed E-state index contributed by atoms with van der Waals surface area (Å²) in [4.78, 5) is 15.3. The number of hydrogen-bond donors (Lipinski definition) is 1. The normalized spacial score (nSPS) is 17.4. The van der Waals surface area contributed by atoms with Gasteiger partial charge in [-0.05, 0) is 31.4 Å². The summed E-state index contributed by atoms with van der Waals surface area (Å²) in [5.74, 6) is 1.91. The Morgan fingerprint density at radius 2 is 2.00 bits per heavy atom. The largest absolute Gasteiger partial charge is 0.379 e. The summed E-state index contributed by atoms with van der Waals surface area (Å²) in [6.07, 6.45) is 9.79. The number of aryl methyl sites for hydroxylation is 1. The van der Waals surface area contributed by atoms with E-state index in [0.717, 1.165) is 68.1 Å². The molecule has 148 valence electrons. The maximum atomic E-state index is 5.43. The minimum Gasteiger partial charge on any atom is -0.379 e. The lowest BCUT2D eigenvalue weighted by molar-refractivity contribution is 0.0369. The number of nitrogens with one attached hydrogen (secondary N) is 1. The zero-order valence-corrected chi connectivity index (χ0v) is 16.4. The fourth-order valence-corrected chi connectivity index (χ4v) is 3.78. The third-order valence-electron chi connectivity index (χ3n) is 5.42. The predicted molar refractivity (Wildman–Crippen MR) is 112 cm³/mol. The van der Waals surface area contributed by atoms with Crippen LogP contribution in [0.4, 0.5) is 0 Å². The van der Waals surface area contributed by atoms with Crippen LogP contribution in [0, 0.1) is 0 Å². The fraction of sp³-hybridized carbons (Fsp3) is 0.455. The van der Waals surface area contributed by atoms with Crippen molar-refractivity contribution in [3.63, 3.8) is 0 Å². The number of aromatic amines is 1. The molecule has 28 heavy (non-hydrogen) atoms. The van der Waals surface area contributed by atoms with Crippen molar-refractivity contribution in [3.8, 4) is 11.3 Å². The smallest absolute Gasteiger partial charge is 0.112 e. The lowest BCUT2D eigenvalue weighted by atomic mass is 10.2. The van der Waals surface area contributed by atoms with Gasteiger partial charge in [0, 0.05) is 56.3 Å². The van der Waals surface area contributed by atoms with E-state index in [-0.39, 0.29) is 0 Å². The van der Waals surface area contributed by atoms with Gasteiger partial charge in [0.2, 0.25) is 0 Å². The molecule has 2 fully saturated rings. The molecule has 0 aromatic carbocycles. The molecular formula is C22H29N5O. The molecule has 3 aromatic heterocycles. The molecule has 1 saturated carbocycles.